The minimum atomic E-state index is 0.764. The van der Waals surface area contributed by atoms with E-state index in [1.54, 1.807) is 14.2 Å². The number of hydrogen-bond donors (Lipinski definition) is 1. The molecule has 0 saturated heterocycles. The van der Waals surface area contributed by atoms with Gasteiger partial charge in [0.2, 0.25) is 0 Å². The third kappa shape index (κ3) is 3.03. The SMILES string of the molecule is CNCCc1cc(N(C)C)c2c(OC)ccc(OC)c2n1. The molecule has 5 nitrogen and oxygen atoms in total. The first-order valence-electron chi connectivity index (χ1n) is 6.99. The Morgan fingerprint density at radius 2 is 1.81 bits per heavy atom. The third-order valence-corrected chi connectivity index (χ3v) is 3.47. The Hall–Kier alpha value is -2.01. The lowest BCUT2D eigenvalue weighted by molar-refractivity contribution is 0.409. The van der Waals surface area contributed by atoms with Crippen molar-refractivity contribution in [2.75, 3.05) is 46.8 Å². The van der Waals surface area contributed by atoms with Crippen LogP contribution in [0.5, 0.6) is 11.5 Å². The Morgan fingerprint density at radius 3 is 2.38 bits per heavy atom. The Morgan fingerprint density at radius 1 is 1.14 bits per heavy atom. The number of rotatable bonds is 6. The normalized spacial score (nSPS) is 10.7. The average molecular weight is 289 g/mol. The summed E-state index contributed by atoms with van der Waals surface area (Å²) in [6.45, 7) is 0.887. The van der Waals surface area contributed by atoms with Crippen molar-refractivity contribution in [2.45, 2.75) is 6.42 Å². The van der Waals surface area contributed by atoms with Gasteiger partial charge in [0.25, 0.3) is 0 Å². The van der Waals surface area contributed by atoms with Crippen molar-refractivity contribution in [1.29, 1.82) is 0 Å². The molecular weight excluding hydrogens is 266 g/mol. The molecule has 1 heterocycles. The highest BCUT2D eigenvalue weighted by Crippen LogP contribution is 2.38. The predicted octanol–water partition coefficient (Wildman–Crippen LogP) is 2.08. The van der Waals surface area contributed by atoms with E-state index >= 15 is 0 Å². The number of fused-ring (bicyclic) bond motifs is 1. The van der Waals surface area contributed by atoms with Gasteiger partial charge in [0.15, 0.2) is 0 Å². The molecule has 0 fully saturated rings. The van der Waals surface area contributed by atoms with Gasteiger partial charge < -0.3 is 19.7 Å². The van der Waals surface area contributed by atoms with E-state index < -0.39 is 0 Å². The summed E-state index contributed by atoms with van der Waals surface area (Å²) in [5.41, 5.74) is 2.96. The average Bonchev–Trinajstić information content (AvgIpc) is 2.50. The van der Waals surface area contributed by atoms with Crippen LogP contribution in [0.25, 0.3) is 10.9 Å². The Labute approximate surface area is 125 Å². The highest BCUT2D eigenvalue weighted by atomic mass is 16.5. The lowest BCUT2D eigenvalue weighted by atomic mass is 10.1. The standard InChI is InChI=1S/C16H23N3O2/c1-17-9-8-11-10-12(19(2)3)15-13(20-4)6-7-14(21-5)16(15)18-11/h6-7,10,17H,8-9H2,1-5H3. The van der Waals surface area contributed by atoms with Gasteiger partial charge in [-0.1, -0.05) is 0 Å². The fourth-order valence-electron chi connectivity index (χ4n) is 2.39. The monoisotopic (exact) mass is 289 g/mol. The molecule has 114 valence electrons. The van der Waals surface area contributed by atoms with Crippen LogP contribution in [0.1, 0.15) is 5.69 Å². The molecule has 0 atom stereocenters. The van der Waals surface area contributed by atoms with Crippen molar-refractivity contribution in [3.8, 4) is 11.5 Å². The second-order valence-corrected chi connectivity index (χ2v) is 5.07. The van der Waals surface area contributed by atoms with Crippen LogP contribution >= 0.6 is 0 Å². The summed E-state index contributed by atoms with van der Waals surface area (Å²) < 4.78 is 11.0. The maximum Gasteiger partial charge on any atom is 0.145 e. The quantitative estimate of drug-likeness (QED) is 0.882. The van der Waals surface area contributed by atoms with E-state index in [1.165, 1.54) is 0 Å². The van der Waals surface area contributed by atoms with Crippen molar-refractivity contribution in [2.24, 2.45) is 0 Å². The van der Waals surface area contributed by atoms with E-state index in [9.17, 15) is 0 Å². The van der Waals surface area contributed by atoms with E-state index in [-0.39, 0.29) is 0 Å². The topological polar surface area (TPSA) is 46.6 Å². The number of pyridine rings is 1. The molecule has 1 aromatic carbocycles. The largest absolute Gasteiger partial charge is 0.496 e. The number of aromatic nitrogens is 1. The number of hydrogen-bond acceptors (Lipinski definition) is 5. The molecule has 21 heavy (non-hydrogen) atoms. The summed E-state index contributed by atoms with van der Waals surface area (Å²) in [5, 5.41) is 4.14. The molecule has 2 aromatic rings. The molecule has 1 N–H and O–H groups in total. The number of ether oxygens (including phenoxy) is 2. The predicted molar refractivity (Wildman–Crippen MR) is 86.8 cm³/mol. The number of nitrogens with one attached hydrogen (secondary N) is 1. The van der Waals surface area contributed by atoms with Gasteiger partial charge in [-0.05, 0) is 25.2 Å². The van der Waals surface area contributed by atoms with Crippen LogP contribution in [-0.2, 0) is 6.42 Å². The van der Waals surface area contributed by atoms with Gasteiger partial charge in [-0.2, -0.15) is 0 Å². The van der Waals surface area contributed by atoms with Gasteiger partial charge in [0.1, 0.15) is 17.0 Å². The summed E-state index contributed by atoms with van der Waals surface area (Å²) in [5.74, 6) is 1.57. The van der Waals surface area contributed by atoms with Gasteiger partial charge in [0.05, 0.1) is 25.3 Å². The first-order valence-corrected chi connectivity index (χ1v) is 6.99. The fraction of sp³-hybridized carbons (Fsp3) is 0.438. The molecule has 0 radical (unpaired) electrons. The van der Waals surface area contributed by atoms with E-state index in [2.05, 4.69) is 16.3 Å². The molecule has 0 amide bonds. The molecule has 0 aliphatic carbocycles. The van der Waals surface area contributed by atoms with Crippen LogP contribution in [0.15, 0.2) is 18.2 Å². The number of nitrogens with zero attached hydrogens (tertiary/aromatic N) is 2. The zero-order valence-electron chi connectivity index (χ0n) is 13.4. The summed E-state index contributed by atoms with van der Waals surface area (Å²) in [6.07, 6.45) is 0.869. The van der Waals surface area contributed by atoms with E-state index in [1.807, 2.05) is 33.3 Å². The molecule has 0 unspecified atom stereocenters. The van der Waals surface area contributed by atoms with Crippen LogP contribution in [-0.4, -0.2) is 46.9 Å². The van der Waals surface area contributed by atoms with Crippen LogP contribution in [0.4, 0.5) is 5.69 Å². The number of anilines is 1. The van der Waals surface area contributed by atoms with Crippen LogP contribution in [0.3, 0.4) is 0 Å². The van der Waals surface area contributed by atoms with Crippen molar-refractivity contribution < 1.29 is 9.47 Å². The number of methoxy groups -OCH3 is 2. The van der Waals surface area contributed by atoms with Gasteiger partial charge in [-0.3, -0.25) is 0 Å². The molecule has 5 heteroatoms. The third-order valence-electron chi connectivity index (χ3n) is 3.47. The maximum atomic E-state index is 5.50. The summed E-state index contributed by atoms with van der Waals surface area (Å²) in [6, 6.07) is 5.93. The summed E-state index contributed by atoms with van der Waals surface area (Å²) in [7, 11) is 9.33. The molecule has 0 spiro atoms. The number of benzene rings is 1. The highest BCUT2D eigenvalue weighted by molar-refractivity contribution is 6.00. The zero-order valence-corrected chi connectivity index (χ0v) is 13.4. The first kappa shape index (κ1) is 15.4. The molecule has 0 bridgehead atoms. The van der Waals surface area contributed by atoms with Crippen LogP contribution < -0.4 is 19.7 Å². The van der Waals surface area contributed by atoms with Crippen molar-refractivity contribution in [3.05, 3.63) is 23.9 Å². The highest BCUT2D eigenvalue weighted by Gasteiger charge is 2.16. The van der Waals surface area contributed by atoms with Crippen molar-refractivity contribution in [3.63, 3.8) is 0 Å². The smallest absolute Gasteiger partial charge is 0.145 e. The van der Waals surface area contributed by atoms with E-state index in [0.717, 1.165) is 46.7 Å². The van der Waals surface area contributed by atoms with Gasteiger partial charge in [-0.25, -0.2) is 4.98 Å². The molecule has 0 aliphatic rings. The van der Waals surface area contributed by atoms with Gasteiger partial charge in [0, 0.05) is 32.8 Å². The fourth-order valence-corrected chi connectivity index (χ4v) is 2.39. The second kappa shape index (κ2) is 6.63. The summed E-state index contributed by atoms with van der Waals surface area (Å²) >= 11 is 0. The maximum absolute atomic E-state index is 5.50. The summed E-state index contributed by atoms with van der Waals surface area (Å²) in [4.78, 5) is 6.84. The molecule has 1 aromatic heterocycles. The van der Waals surface area contributed by atoms with Gasteiger partial charge in [-0.15, -0.1) is 0 Å². The van der Waals surface area contributed by atoms with E-state index in [4.69, 9.17) is 14.5 Å². The zero-order chi connectivity index (χ0) is 15.4. The second-order valence-electron chi connectivity index (χ2n) is 5.07. The lowest BCUT2D eigenvalue weighted by Crippen LogP contribution is -2.14. The van der Waals surface area contributed by atoms with Gasteiger partial charge >= 0.3 is 0 Å². The molecule has 0 aliphatic heterocycles. The Kier molecular flexibility index (Phi) is 4.85. The molecule has 0 saturated carbocycles. The minimum Gasteiger partial charge on any atom is -0.496 e. The van der Waals surface area contributed by atoms with Crippen molar-refractivity contribution in [1.82, 2.24) is 10.3 Å². The minimum absolute atomic E-state index is 0.764. The molecule has 2 rings (SSSR count). The lowest BCUT2D eigenvalue weighted by Gasteiger charge is -2.19. The Balaban J connectivity index is 2.73. The Bertz CT molecular complexity index is 626. The van der Waals surface area contributed by atoms with Crippen LogP contribution in [0, 0.1) is 0 Å². The van der Waals surface area contributed by atoms with E-state index in [0.29, 0.717) is 0 Å². The first-order chi connectivity index (χ1) is 10.1. The molecular formula is C16H23N3O2. The van der Waals surface area contributed by atoms with Crippen LogP contribution in [0.2, 0.25) is 0 Å². The van der Waals surface area contributed by atoms with Crippen molar-refractivity contribution >= 4 is 16.6 Å². The number of likely N-dealkylation sites (N-methyl/N-ethyl adjacent to an activating group) is 1.